The molecule has 0 saturated carbocycles. The summed E-state index contributed by atoms with van der Waals surface area (Å²) in [6.45, 7) is 2.00. The summed E-state index contributed by atoms with van der Waals surface area (Å²) in [6, 6.07) is 16.3. The molecular formula is C20H15ClN4O. The van der Waals surface area contributed by atoms with Crippen molar-refractivity contribution in [1.29, 1.82) is 0 Å². The number of nitrogens with zero attached hydrogens (tertiary/aromatic N) is 3. The van der Waals surface area contributed by atoms with Gasteiger partial charge in [-0.2, -0.15) is 0 Å². The van der Waals surface area contributed by atoms with E-state index in [1.54, 1.807) is 30.5 Å². The van der Waals surface area contributed by atoms with Crippen molar-refractivity contribution in [3.05, 3.63) is 83.3 Å². The Kier molecular flexibility index (Phi) is 4.14. The average Bonchev–Trinajstić information content (AvgIpc) is 3.00. The highest BCUT2D eigenvalue weighted by Gasteiger charge is 2.12. The Morgan fingerprint density at radius 1 is 1.12 bits per heavy atom. The number of imidazole rings is 1. The second-order valence-corrected chi connectivity index (χ2v) is 6.31. The maximum Gasteiger partial charge on any atom is 0.255 e. The standard InChI is InChI=1S/C20H15ClN4O/c1-13-18(24-20-22-10-3-11-25(13)20)15-4-2-5-17(12-15)23-19(26)14-6-8-16(21)9-7-14/h2-12H,1H3,(H,23,26). The molecule has 128 valence electrons. The topological polar surface area (TPSA) is 59.3 Å². The van der Waals surface area contributed by atoms with Gasteiger partial charge in [-0.1, -0.05) is 23.7 Å². The van der Waals surface area contributed by atoms with E-state index < -0.39 is 0 Å². The van der Waals surface area contributed by atoms with Crippen LogP contribution in [0.5, 0.6) is 0 Å². The third kappa shape index (κ3) is 3.05. The van der Waals surface area contributed by atoms with E-state index in [0.29, 0.717) is 22.1 Å². The molecule has 0 spiro atoms. The van der Waals surface area contributed by atoms with Crippen LogP contribution in [0.25, 0.3) is 17.0 Å². The SMILES string of the molecule is Cc1c(-c2cccc(NC(=O)c3ccc(Cl)cc3)c2)nc2ncccn12. The van der Waals surface area contributed by atoms with Crippen molar-refractivity contribution in [1.82, 2.24) is 14.4 Å². The molecule has 0 unspecified atom stereocenters. The second-order valence-electron chi connectivity index (χ2n) is 5.88. The van der Waals surface area contributed by atoms with Crippen LogP contribution < -0.4 is 5.32 Å². The summed E-state index contributed by atoms with van der Waals surface area (Å²) < 4.78 is 1.94. The van der Waals surface area contributed by atoms with Crippen LogP contribution in [-0.2, 0) is 0 Å². The smallest absolute Gasteiger partial charge is 0.255 e. The summed E-state index contributed by atoms with van der Waals surface area (Å²) in [7, 11) is 0. The molecule has 0 bridgehead atoms. The lowest BCUT2D eigenvalue weighted by molar-refractivity contribution is 0.102. The number of rotatable bonds is 3. The Labute approximate surface area is 155 Å². The summed E-state index contributed by atoms with van der Waals surface area (Å²) >= 11 is 5.87. The van der Waals surface area contributed by atoms with Gasteiger partial charge in [-0.05, 0) is 49.4 Å². The predicted molar refractivity (Wildman–Crippen MR) is 103 cm³/mol. The van der Waals surface area contributed by atoms with Gasteiger partial charge in [-0.3, -0.25) is 9.20 Å². The van der Waals surface area contributed by atoms with Gasteiger partial charge in [-0.15, -0.1) is 0 Å². The van der Waals surface area contributed by atoms with Crippen molar-refractivity contribution in [3.8, 4) is 11.3 Å². The fourth-order valence-electron chi connectivity index (χ4n) is 2.82. The Morgan fingerprint density at radius 3 is 2.69 bits per heavy atom. The molecule has 6 heteroatoms. The molecule has 0 aliphatic carbocycles. The fraction of sp³-hybridized carbons (Fsp3) is 0.0500. The number of hydrogen-bond acceptors (Lipinski definition) is 3. The molecule has 0 aliphatic heterocycles. The van der Waals surface area contributed by atoms with E-state index >= 15 is 0 Å². The molecule has 26 heavy (non-hydrogen) atoms. The normalized spacial score (nSPS) is 10.8. The number of nitrogens with one attached hydrogen (secondary N) is 1. The molecule has 2 aromatic heterocycles. The quantitative estimate of drug-likeness (QED) is 0.579. The molecule has 0 aliphatic rings. The minimum Gasteiger partial charge on any atom is -0.322 e. The maximum atomic E-state index is 12.4. The van der Waals surface area contributed by atoms with Crippen molar-refractivity contribution in [2.75, 3.05) is 5.32 Å². The molecular weight excluding hydrogens is 348 g/mol. The zero-order valence-electron chi connectivity index (χ0n) is 14.0. The third-order valence-electron chi connectivity index (χ3n) is 4.14. The number of aryl methyl sites for hydroxylation is 1. The van der Waals surface area contributed by atoms with Gasteiger partial charge in [0.25, 0.3) is 5.91 Å². The van der Waals surface area contributed by atoms with E-state index in [4.69, 9.17) is 11.6 Å². The molecule has 4 rings (SSSR count). The van der Waals surface area contributed by atoms with Crippen LogP contribution >= 0.6 is 11.6 Å². The summed E-state index contributed by atoms with van der Waals surface area (Å²) in [5.41, 5.74) is 4.00. The number of carbonyl (C=O) groups excluding carboxylic acids is 1. The highest BCUT2D eigenvalue weighted by atomic mass is 35.5. The highest BCUT2D eigenvalue weighted by Crippen LogP contribution is 2.26. The monoisotopic (exact) mass is 362 g/mol. The summed E-state index contributed by atoms with van der Waals surface area (Å²) in [4.78, 5) is 21.3. The Balaban J connectivity index is 1.65. The first-order valence-electron chi connectivity index (χ1n) is 8.09. The van der Waals surface area contributed by atoms with Crippen LogP contribution in [0.1, 0.15) is 16.1 Å². The minimum absolute atomic E-state index is 0.188. The van der Waals surface area contributed by atoms with Gasteiger partial charge < -0.3 is 5.32 Å². The highest BCUT2D eigenvalue weighted by molar-refractivity contribution is 6.30. The lowest BCUT2D eigenvalue weighted by Gasteiger charge is -2.07. The lowest BCUT2D eigenvalue weighted by atomic mass is 10.1. The molecule has 1 N–H and O–H groups in total. The third-order valence-corrected chi connectivity index (χ3v) is 4.39. The summed E-state index contributed by atoms with van der Waals surface area (Å²) in [5.74, 6) is 0.461. The van der Waals surface area contributed by atoms with E-state index in [0.717, 1.165) is 17.0 Å². The van der Waals surface area contributed by atoms with Crippen molar-refractivity contribution in [2.45, 2.75) is 6.92 Å². The van der Waals surface area contributed by atoms with Gasteiger partial charge in [0.05, 0.1) is 5.69 Å². The first kappa shape index (κ1) is 16.3. The number of hydrogen-bond donors (Lipinski definition) is 1. The van der Waals surface area contributed by atoms with Crippen molar-refractivity contribution in [3.63, 3.8) is 0 Å². The van der Waals surface area contributed by atoms with Gasteiger partial charge >= 0.3 is 0 Å². The zero-order valence-corrected chi connectivity index (χ0v) is 14.7. The number of aromatic nitrogens is 3. The second kappa shape index (κ2) is 6.61. The van der Waals surface area contributed by atoms with Crippen LogP contribution in [0.4, 0.5) is 5.69 Å². The van der Waals surface area contributed by atoms with Gasteiger partial charge in [-0.25, -0.2) is 9.97 Å². The van der Waals surface area contributed by atoms with Crippen LogP contribution in [0.15, 0.2) is 67.0 Å². The number of fused-ring (bicyclic) bond motifs is 1. The van der Waals surface area contributed by atoms with E-state index in [1.165, 1.54) is 0 Å². The molecule has 4 aromatic rings. The van der Waals surface area contributed by atoms with Gasteiger partial charge in [0.2, 0.25) is 5.78 Å². The first-order chi connectivity index (χ1) is 12.6. The summed E-state index contributed by atoms with van der Waals surface area (Å²) in [5, 5.41) is 3.51. The lowest BCUT2D eigenvalue weighted by Crippen LogP contribution is -2.11. The minimum atomic E-state index is -0.188. The fourth-order valence-corrected chi connectivity index (χ4v) is 2.95. The molecule has 1 amide bonds. The van der Waals surface area contributed by atoms with E-state index in [-0.39, 0.29) is 5.91 Å². The van der Waals surface area contributed by atoms with Crippen molar-refractivity contribution >= 4 is 29.0 Å². The first-order valence-corrected chi connectivity index (χ1v) is 8.46. The van der Waals surface area contributed by atoms with Crippen molar-refractivity contribution in [2.24, 2.45) is 0 Å². The van der Waals surface area contributed by atoms with Crippen LogP contribution in [0.2, 0.25) is 5.02 Å². The molecule has 0 saturated heterocycles. The molecule has 2 heterocycles. The van der Waals surface area contributed by atoms with Gasteiger partial charge in [0.15, 0.2) is 0 Å². The van der Waals surface area contributed by atoms with E-state index in [1.807, 2.05) is 47.9 Å². The molecule has 5 nitrogen and oxygen atoms in total. The average molecular weight is 363 g/mol. The molecule has 2 aromatic carbocycles. The zero-order chi connectivity index (χ0) is 18.1. The van der Waals surface area contributed by atoms with Crippen LogP contribution in [0.3, 0.4) is 0 Å². The number of amides is 1. The Hall–Kier alpha value is -3.18. The predicted octanol–water partition coefficient (Wildman–Crippen LogP) is 4.61. The number of benzene rings is 2. The molecule has 0 atom stereocenters. The Morgan fingerprint density at radius 2 is 1.92 bits per heavy atom. The van der Waals surface area contributed by atoms with Crippen LogP contribution in [0, 0.1) is 6.92 Å². The molecule has 0 radical (unpaired) electrons. The van der Waals surface area contributed by atoms with Gasteiger partial charge in [0.1, 0.15) is 0 Å². The number of halogens is 1. The Bertz CT molecular complexity index is 1100. The van der Waals surface area contributed by atoms with Crippen LogP contribution in [-0.4, -0.2) is 20.3 Å². The largest absolute Gasteiger partial charge is 0.322 e. The molecule has 0 fully saturated rings. The van der Waals surface area contributed by atoms with E-state index in [2.05, 4.69) is 15.3 Å². The van der Waals surface area contributed by atoms with Crippen molar-refractivity contribution < 1.29 is 4.79 Å². The number of carbonyl (C=O) groups is 1. The van der Waals surface area contributed by atoms with E-state index in [9.17, 15) is 4.79 Å². The van der Waals surface area contributed by atoms with Gasteiger partial charge in [0, 0.05) is 39.9 Å². The maximum absolute atomic E-state index is 12.4. The number of anilines is 1. The summed E-state index contributed by atoms with van der Waals surface area (Å²) in [6.07, 6.45) is 3.65.